The van der Waals surface area contributed by atoms with Gasteiger partial charge in [-0.25, -0.2) is 0 Å². The standard InChI is InChI=1S/C16H15BrCl2O/c1-9-4-5-10(2)12(6-9)15(19)13-7-11(18)8-14(17)16(13)20-3/h4-8,15H,1-3H3. The van der Waals surface area contributed by atoms with E-state index in [4.69, 9.17) is 27.9 Å². The topological polar surface area (TPSA) is 9.23 Å². The fourth-order valence-electron chi connectivity index (χ4n) is 2.18. The van der Waals surface area contributed by atoms with Crippen molar-refractivity contribution in [2.45, 2.75) is 19.2 Å². The summed E-state index contributed by atoms with van der Waals surface area (Å²) in [7, 11) is 1.63. The van der Waals surface area contributed by atoms with Crippen molar-refractivity contribution in [1.29, 1.82) is 0 Å². The Kier molecular flexibility index (Phi) is 5.00. The molecule has 0 aliphatic rings. The number of hydrogen-bond donors (Lipinski definition) is 0. The van der Waals surface area contributed by atoms with Crippen molar-refractivity contribution in [2.24, 2.45) is 0 Å². The molecule has 0 bridgehead atoms. The lowest BCUT2D eigenvalue weighted by atomic mass is 9.97. The molecule has 0 heterocycles. The number of hydrogen-bond acceptors (Lipinski definition) is 1. The van der Waals surface area contributed by atoms with E-state index in [2.05, 4.69) is 48.0 Å². The quantitative estimate of drug-likeness (QED) is 0.594. The van der Waals surface area contributed by atoms with E-state index < -0.39 is 0 Å². The first-order chi connectivity index (χ1) is 9.43. The highest BCUT2D eigenvalue weighted by molar-refractivity contribution is 9.10. The van der Waals surface area contributed by atoms with Crippen LogP contribution in [-0.4, -0.2) is 7.11 Å². The molecule has 0 aliphatic carbocycles. The summed E-state index contributed by atoms with van der Waals surface area (Å²) in [6.07, 6.45) is 0. The fraction of sp³-hybridized carbons (Fsp3) is 0.250. The summed E-state index contributed by atoms with van der Waals surface area (Å²) in [5, 5.41) is 0.323. The molecular formula is C16H15BrCl2O. The van der Waals surface area contributed by atoms with Crippen LogP contribution in [-0.2, 0) is 0 Å². The summed E-state index contributed by atoms with van der Waals surface area (Å²) in [4.78, 5) is 0. The van der Waals surface area contributed by atoms with Gasteiger partial charge in [0.05, 0.1) is 17.0 Å². The SMILES string of the molecule is COc1c(Br)cc(Cl)cc1C(Cl)c1cc(C)ccc1C. The van der Waals surface area contributed by atoms with E-state index in [1.807, 2.05) is 6.07 Å². The van der Waals surface area contributed by atoms with Crippen molar-refractivity contribution in [2.75, 3.05) is 7.11 Å². The average molecular weight is 374 g/mol. The fourth-order valence-corrected chi connectivity index (χ4v) is 3.58. The van der Waals surface area contributed by atoms with Crippen molar-refractivity contribution >= 4 is 39.1 Å². The first-order valence-electron chi connectivity index (χ1n) is 6.18. The van der Waals surface area contributed by atoms with Crippen LogP contribution in [0.25, 0.3) is 0 Å². The number of rotatable bonds is 3. The molecule has 1 atom stereocenters. The highest BCUT2D eigenvalue weighted by atomic mass is 79.9. The number of aryl methyl sites for hydroxylation is 2. The summed E-state index contributed by atoms with van der Waals surface area (Å²) in [6, 6.07) is 9.90. The van der Waals surface area contributed by atoms with Crippen molar-refractivity contribution in [3.8, 4) is 5.75 Å². The molecule has 106 valence electrons. The molecule has 2 aromatic rings. The normalized spacial score (nSPS) is 12.3. The van der Waals surface area contributed by atoms with Crippen LogP contribution >= 0.6 is 39.1 Å². The van der Waals surface area contributed by atoms with Gasteiger partial charge in [0, 0.05) is 10.6 Å². The highest BCUT2D eigenvalue weighted by Gasteiger charge is 2.20. The molecule has 2 rings (SSSR count). The lowest BCUT2D eigenvalue weighted by Crippen LogP contribution is -2.01. The first kappa shape index (κ1) is 15.7. The van der Waals surface area contributed by atoms with Crippen LogP contribution in [0, 0.1) is 13.8 Å². The number of methoxy groups -OCH3 is 1. The Hall–Kier alpha value is -0.700. The number of halogens is 3. The molecule has 0 saturated carbocycles. The first-order valence-corrected chi connectivity index (χ1v) is 7.79. The molecular weight excluding hydrogens is 359 g/mol. The molecule has 0 fully saturated rings. The molecule has 0 aromatic heterocycles. The summed E-state index contributed by atoms with van der Waals surface area (Å²) >= 11 is 16.3. The Morgan fingerprint density at radius 3 is 2.45 bits per heavy atom. The molecule has 4 heteroatoms. The molecule has 0 spiro atoms. The summed E-state index contributed by atoms with van der Waals surface area (Å²) in [6.45, 7) is 4.11. The lowest BCUT2D eigenvalue weighted by molar-refractivity contribution is 0.407. The zero-order valence-corrected chi connectivity index (χ0v) is 14.6. The Morgan fingerprint density at radius 2 is 1.80 bits per heavy atom. The van der Waals surface area contributed by atoms with Gasteiger partial charge in [-0.2, -0.15) is 0 Å². The van der Waals surface area contributed by atoms with Gasteiger partial charge in [-0.1, -0.05) is 35.4 Å². The van der Waals surface area contributed by atoms with E-state index in [9.17, 15) is 0 Å². The molecule has 20 heavy (non-hydrogen) atoms. The van der Waals surface area contributed by atoms with Gasteiger partial charge in [-0.15, -0.1) is 11.6 Å². The largest absolute Gasteiger partial charge is 0.495 e. The van der Waals surface area contributed by atoms with E-state index in [1.54, 1.807) is 13.2 Å². The van der Waals surface area contributed by atoms with Gasteiger partial charge in [0.15, 0.2) is 0 Å². The molecule has 1 unspecified atom stereocenters. The van der Waals surface area contributed by atoms with Crippen LogP contribution in [0.5, 0.6) is 5.75 Å². The predicted octanol–water partition coefficient (Wildman–Crippen LogP) is 6.06. The second-order valence-electron chi connectivity index (χ2n) is 4.73. The number of ether oxygens (including phenoxy) is 1. The van der Waals surface area contributed by atoms with Crippen molar-refractivity contribution in [1.82, 2.24) is 0 Å². The molecule has 0 saturated heterocycles. The van der Waals surface area contributed by atoms with Crippen LogP contribution in [0.15, 0.2) is 34.8 Å². The van der Waals surface area contributed by atoms with Crippen LogP contribution in [0.3, 0.4) is 0 Å². The van der Waals surface area contributed by atoms with Gasteiger partial charge in [0.25, 0.3) is 0 Å². The third-order valence-electron chi connectivity index (χ3n) is 3.22. The minimum atomic E-state index is -0.306. The maximum atomic E-state index is 6.68. The summed E-state index contributed by atoms with van der Waals surface area (Å²) in [5.41, 5.74) is 4.26. The Labute approximate surface area is 138 Å². The third kappa shape index (κ3) is 3.13. The van der Waals surface area contributed by atoms with Gasteiger partial charge >= 0.3 is 0 Å². The predicted molar refractivity (Wildman–Crippen MR) is 89.3 cm³/mol. The number of alkyl halides is 1. The lowest BCUT2D eigenvalue weighted by Gasteiger charge is -2.18. The maximum absolute atomic E-state index is 6.68. The van der Waals surface area contributed by atoms with E-state index in [0.29, 0.717) is 5.02 Å². The Balaban J connectivity index is 2.58. The van der Waals surface area contributed by atoms with E-state index in [0.717, 1.165) is 26.9 Å². The molecule has 0 radical (unpaired) electrons. The second kappa shape index (κ2) is 6.38. The number of benzene rings is 2. The van der Waals surface area contributed by atoms with Gasteiger partial charge in [-0.05, 0) is 53.0 Å². The van der Waals surface area contributed by atoms with Crippen molar-refractivity contribution < 1.29 is 4.74 Å². The van der Waals surface area contributed by atoms with E-state index in [1.165, 1.54) is 5.56 Å². The van der Waals surface area contributed by atoms with Crippen LogP contribution in [0.2, 0.25) is 5.02 Å². The third-order valence-corrected chi connectivity index (χ3v) is 4.50. The highest BCUT2D eigenvalue weighted by Crippen LogP contribution is 2.42. The zero-order chi connectivity index (χ0) is 14.9. The van der Waals surface area contributed by atoms with Crippen LogP contribution < -0.4 is 4.74 Å². The van der Waals surface area contributed by atoms with Crippen molar-refractivity contribution in [3.05, 3.63) is 62.1 Å². The Morgan fingerprint density at radius 1 is 1.10 bits per heavy atom. The van der Waals surface area contributed by atoms with E-state index >= 15 is 0 Å². The molecule has 0 amide bonds. The Bertz CT molecular complexity index is 641. The van der Waals surface area contributed by atoms with Gasteiger partial charge in [0.2, 0.25) is 0 Å². The molecule has 2 aromatic carbocycles. The maximum Gasteiger partial charge on any atom is 0.138 e. The van der Waals surface area contributed by atoms with Crippen LogP contribution in [0.1, 0.15) is 27.6 Å². The second-order valence-corrected chi connectivity index (χ2v) is 6.46. The summed E-state index contributed by atoms with van der Waals surface area (Å²) < 4.78 is 6.26. The van der Waals surface area contributed by atoms with Gasteiger partial charge in [0.1, 0.15) is 5.75 Å². The monoisotopic (exact) mass is 372 g/mol. The molecule has 0 aliphatic heterocycles. The van der Waals surface area contributed by atoms with Gasteiger partial charge in [-0.3, -0.25) is 0 Å². The molecule has 1 nitrogen and oxygen atoms in total. The van der Waals surface area contributed by atoms with Gasteiger partial charge < -0.3 is 4.74 Å². The van der Waals surface area contributed by atoms with Crippen molar-refractivity contribution in [3.63, 3.8) is 0 Å². The smallest absolute Gasteiger partial charge is 0.138 e. The zero-order valence-electron chi connectivity index (χ0n) is 11.5. The summed E-state index contributed by atoms with van der Waals surface area (Å²) in [5.74, 6) is 0.718. The van der Waals surface area contributed by atoms with E-state index in [-0.39, 0.29) is 5.38 Å². The average Bonchev–Trinajstić information content (AvgIpc) is 2.40. The minimum absolute atomic E-state index is 0.306. The van der Waals surface area contributed by atoms with Crippen LogP contribution in [0.4, 0.5) is 0 Å². The minimum Gasteiger partial charge on any atom is -0.495 e. The molecule has 0 N–H and O–H groups in total.